The van der Waals surface area contributed by atoms with Gasteiger partial charge >= 0.3 is 0 Å². The third-order valence-electron chi connectivity index (χ3n) is 5.38. The summed E-state index contributed by atoms with van der Waals surface area (Å²) in [6, 6.07) is 16.4. The summed E-state index contributed by atoms with van der Waals surface area (Å²) < 4.78 is 21.6. The van der Waals surface area contributed by atoms with E-state index in [9.17, 15) is 0 Å². The first kappa shape index (κ1) is 23.7. The van der Waals surface area contributed by atoms with Gasteiger partial charge in [0.15, 0.2) is 16.6 Å². The van der Waals surface area contributed by atoms with E-state index in [4.69, 9.17) is 26.4 Å². The zero-order chi connectivity index (χ0) is 22.3. The third-order valence-corrected chi connectivity index (χ3v) is 9.88. The molecule has 0 unspecified atom stereocenters. The highest BCUT2D eigenvalue weighted by Crippen LogP contribution is 2.55. The average molecular weight is 461 g/mol. The predicted molar refractivity (Wildman–Crippen MR) is 135 cm³/mol. The molecule has 0 bridgehead atoms. The van der Waals surface area contributed by atoms with Crippen molar-refractivity contribution in [1.29, 1.82) is 0 Å². The van der Waals surface area contributed by atoms with Gasteiger partial charge in [0.25, 0.3) is 0 Å². The summed E-state index contributed by atoms with van der Waals surface area (Å²) in [5.74, 6) is 1.49. The van der Waals surface area contributed by atoms with Gasteiger partial charge in [-0.15, -0.1) is 0 Å². The van der Waals surface area contributed by atoms with Crippen LogP contribution in [0.5, 0.6) is 11.5 Å². The van der Waals surface area contributed by atoms with E-state index in [0.717, 1.165) is 43.4 Å². The normalized spacial score (nSPS) is 13.4. The van der Waals surface area contributed by atoms with Crippen molar-refractivity contribution in [2.45, 2.75) is 27.7 Å². The SMILES string of the molecule is CCN(CC)P(=NC(=S)Nc1ccc2c(c1)OCCO2)(c1ccccc1)N(CC)CC. The van der Waals surface area contributed by atoms with Gasteiger partial charge in [-0.3, -0.25) is 9.34 Å². The average Bonchev–Trinajstić information content (AvgIpc) is 2.80. The van der Waals surface area contributed by atoms with Gasteiger partial charge in [0.05, 0.1) is 0 Å². The molecule has 0 fully saturated rings. The summed E-state index contributed by atoms with van der Waals surface area (Å²) in [7, 11) is -2.25. The lowest BCUT2D eigenvalue weighted by atomic mass is 10.2. The van der Waals surface area contributed by atoms with Crippen molar-refractivity contribution in [3.05, 3.63) is 48.5 Å². The van der Waals surface area contributed by atoms with Gasteiger partial charge < -0.3 is 14.8 Å². The highest BCUT2D eigenvalue weighted by atomic mass is 32.1. The maximum absolute atomic E-state index is 5.79. The molecule has 0 saturated carbocycles. The second-order valence-electron chi connectivity index (χ2n) is 7.07. The molecule has 0 atom stereocenters. The Kier molecular flexibility index (Phi) is 8.50. The molecule has 0 radical (unpaired) electrons. The van der Waals surface area contributed by atoms with Crippen LogP contribution in [0.4, 0.5) is 5.69 Å². The Labute approximate surface area is 191 Å². The number of ether oxygens (including phenoxy) is 2. The number of fused-ring (bicyclic) bond motifs is 1. The molecular weight excluding hydrogens is 427 g/mol. The topological polar surface area (TPSA) is 49.3 Å². The number of anilines is 1. The molecule has 0 aromatic heterocycles. The van der Waals surface area contributed by atoms with Crippen LogP contribution in [0.25, 0.3) is 0 Å². The Morgan fingerprint density at radius 1 is 0.903 bits per heavy atom. The molecule has 1 heterocycles. The van der Waals surface area contributed by atoms with E-state index < -0.39 is 7.36 Å². The van der Waals surface area contributed by atoms with Crippen LogP contribution in [-0.2, 0) is 0 Å². The van der Waals surface area contributed by atoms with E-state index in [2.05, 4.69) is 72.7 Å². The predicted octanol–water partition coefficient (Wildman–Crippen LogP) is 5.19. The van der Waals surface area contributed by atoms with E-state index in [0.29, 0.717) is 18.3 Å². The molecule has 0 spiro atoms. The number of rotatable bonds is 8. The minimum Gasteiger partial charge on any atom is -0.486 e. The van der Waals surface area contributed by atoms with Crippen LogP contribution in [0.2, 0.25) is 0 Å². The molecule has 3 rings (SSSR count). The van der Waals surface area contributed by atoms with Crippen molar-refractivity contribution in [2.75, 3.05) is 44.7 Å². The second kappa shape index (κ2) is 11.1. The Hall–Kier alpha value is -1.92. The van der Waals surface area contributed by atoms with Crippen molar-refractivity contribution in [3.8, 4) is 11.5 Å². The molecule has 1 N–H and O–H groups in total. The van der Waals surface area contributed by atoms with Gasteiger partial charge in [-0.05, 0) is 24.4 Å². The van der Waals surface area contributed by atoms with Crippen molar-refractivity contribution in [1.82, 2.24) is 9.34 Å². The van der Waals surface area contributed by atoms with Crippen molar-refractivity contribution in [2.24, 2.45) is 4.74 Å². The van der Waals surface area contributed by atoms with E-state index in [1.807, 2.05) is 18.2 Å². The second-order valence-corrected chi connectivity index (χ2v) is 10.4. The van der Waals surface area contributed by atoms with Gasteiger partial charge in [-0.1, -0.05) is 58.0 Å². The summed E-state index contributed by atoms with van der Waals surface area (Å²) in [6.07, 6.45) is 0. The van der Waals surface area contributed by atoms with Crippen LogP contribution in [0.3, 0.4) is 0 Å². The molecule has 2 aromatic rings. The minimum atomic E-state index is -2.25. The zero-order valence-corrected chi connectivity index (χ0v) is 20.6. The molecular formula is C23H33N4O2PS. The summed E-state index contributed by atoms with van der Waals surface area (Å²) in [4.78, 5) is 0. The first-order valence-corrected chi connectivity index (χ1v) is 13.0. The van der Waals surface area contributed by atoms with Gasteiger partial charge in [0.1, 0.15) is 20.6 Å². The van der Waals surface area contributed by atoms with E-state index in [1.54, 1.807) is 0 Å². The molecule has 8 heteroatoms. The van der Waals surface area contributed by atoms with Crippen LogP contribution in [0.15, 0.2) is 53.3 Å². The maximum Gasteiger partial charge on any atom is 0.198 e. The first-order chi connectivity index (χ1) is 15.1. The van der Waals surface area contributed by atoms with E-state index in [-0.39, 0.29) is 0 Å². The van der Waals surface area contributed by atoms with Crippen molar-refractivity contribution >= 4 is 35.7 Å². The number of hydrogen-bond donors (Lipinski definition) is 1. The first-order valence-electron chi connectivity index (χ1n) is 11.0. The highest BCUT2D eigenvalue weighted by Gasteiger charge is 2.34. The Morgan fingerprint density at radius 2 is 1.48 bits per heavy atom. The zero-order valence-electron chi connectivity index (χ0n) is 18.9. The summed E-state index contributed by atoms with van der Waals surface area (Å²) in [5.41, 5.74) is 0.850. The lowest BCUT2D eigenvalue weighted by Crippen LogP contribution is -2.38. The molecule has 2 aromatic carbocycles. The third kappa shape index (κ3) is 5.12. The quantitative estimate of drug-likeness (QED) is 0.432. The fourth-order valence-electron chi connectivity index (χ4n) is 3.95. The Morgan fingerprint density at radius 3 is 2.06 bits per heavy atom. The number of nitrogens with one attached hydrogen (secondary N) is 1. The van der Waals surface area contributed by atoms with Crippen LogP contribution in [0.1, 0.15) is 27.7 Å². The fourth-order valence-corrected chi connectivity index (χ4v) is 8.24. The largest absolute Gasteiger partial charge is 0.486 e. The van der Waals surface area contributed by atoms with Crippen molar-refractivity contribution < 1.29 is 9.47 Å². The lowest BCUT2D eigenvalue weighted by Gasteiger charge is -2.43. The van der Waals surface area contributed by atoms with Crippen LogP contribution in [-0.4, -0.2) is 53.8 Å². The summed E-state index contributed by atoms with van der Waals surface area (Å²) in [5, 5.41) is 5.02. The minimum absolute atomic E-state index is 0.479. The molecule has 0 aliphatic carbocycles. The summed E-state index contributed by atoms with van der Waals surface area (Å²) in [6.45, 7) is 13.5. The molecule has 168 valence electrons. The molecule has 0 amide bonds. The Bertz CT molecular complexity index is 914. The van der Waals surface area contributed by atoms with Gasteiger partial charge in [-0.2, -0.15) is 0 Å². The lowest BCUT2D eigenvalue weighted by molar-refractivity contribution is 0.171. The Balaban J connectivity index is 2.06. The number of benzene rings is 2. The molecule has 1 aliphatic heterocycles. The number of nitrogens with zero attached hydrogens (tertiary/aromatic N) is 3. The summed E-state index contributed by atoms with van der Waals surface area (Å²) >= 11 is 5.79. The monoisotopic (exact) mass is 460 g/mol. The number of hydrogen-bond acceptors (Lipinski definition) is 3. The molecule has 1 aliphatic rings. The highest BCUT2D eigenvalue weighted by molar-refractivity contribution is 7.81. The van der Waals surface area contributed by atoms with Crippen LogP contribution in [0, 0.1) is 0 Å². The molecule has 31 heavy (non-hydrogen) atoms. The fraction of sp³-hybridized carbons (Fsp3) is 0.435. The van der Waals surface area contributed by atoms with Crippen molar-refractivity contribution in [3.63, 3.8) is 0 Å². The van der Waals surface area contributed by atoms with Gasteiger partial charge in [-0.25, -0.2) is 4.74 Å². The standard InChI is InChI=1S/C23H33N4O2PS/c1-5-26(6-2)30(27(7-3)8-4,20-12-10-9-11-13-20)25-23(31)24-19-14-15-21-22(18-19)29-17-16-28-21/h9-15,18H,5-8,16-17H2,1-4H3,(H,24,31). The van der Waals surface area contributed by atoms with Gasteiger partial charge in [0.2, 0.25) is 0 Å². The number of thiocarbonyl (C=S) groups is 1. The van der Waals surface area contributed by atoms with Gasteiger partial charge in [0, 0.05) is 43.2 Å². The van der Waals surface area contributed by atoms with E-state index in [1.165, 1.54) is 5.30 Å². The van der Waals surface area contributed by atoms with Crippen LogP contribution >= 0.6 is 19.6 Å². The van der Waals surface area contributed by atoms with E-state index >= 15 is 0 Å². The molecule has 6 nitrogen and oxygen atoms in total. The molecule has 0 saturated heterocycles. The maximum atomic E-state index is 5.79. The van der Waals surface area contributed by atoms with Crippen LogP contribution < -0.4 is 20.1 Å². The smallest absolute Gasteiger partial charge is 0.198 e.